The Kier molecular flexibility index (Phi) is 7.68. The van der Waals surface area contributed by atoms with Crippen molar-refractivity contribution in [3.05, 3.63) is 53.1 Å². The van der Waals surface area contributed by atoms with Crippen LogP contribution in [-0.2, 0) is 4.79 Å². The number of anilines is 1. The first-order chi connectivity index (χ1) is 13.6. The summed E-state index contributed by atoms with van der Waals surface area (Å²) in [6, 6.07) is 13.8. The number of rotatable bonds is 8. The normalized spacial score (nSPS) is 15.9. The van der Waals surface area contributed by atoms with Crippen LogP contribution in [0.4, 0.5) is 5.82 Å². The van der Waals surface area contributed by atoms with Crippen LogP contribution in [0.15, 0.2) is 53.1 Å². The number of hydrogen-bond donors (Lipinski definition) is 1. The van der Waals surface area contributed by atoms with E-state index in [2.05, 4.69) is 49.0 Å². The van der Waals surface area contributed by atoms with Crippen LogP contribution in [0.1, 0.15) is 13.3 Å². The fraction of sp³-hybridized carbons (Fsp3) is 0.429. The van der Waals surface area contributed by atoms with Gasteiger partial charge in [-0.15, -0.1) is 0 Å². The number of aromatic nitrogens is 1. The van der Waals surface area contributed by atoms with Gasteiger partial charge in [-0.1, -0.05) is 28.1 Å². The zero-order valence-electron chi connectivity index (χ0n) is 16.2. The number of nitrogens with zero attached hydrogens (tertiary/aromatic N) is 3. The lowest BCUT2D eigenvalue weighted by Crippen LogP contribution is -2.51. The molecule has 1 fully saturated rings. The Bertz CT molecular complexity index is 751. The first-order valence-corrected chi connectivity index (χ1v) is 10.5. The lowest BCUT2D eigenvalue weighted by Gasteiger charge is -2.36. The average molecular weight is 447 g/mol. The Labute approximate surface area is 175 Å². The van der Waals surface area contributed by atoms with E-state index in [9.17, 15) is 4.79 Å². The number of piperazine rings is 1. The van der Waals surface area contributed by atoms with Gasteiger partial charge in [-0.25, -0.2) is 4.98 Å². The predicted octanol–water partition coefficient (Wildman–Crippen LogP) is 2.94. The maximum Gasteiger partial charge on any atom is 0.223 e. The van der Waals surface area contributed by atoms with Crippen molar-refractivity contribution in [3.8, 4) is 5.75 Å². The van der Waals surface area contributed by atoms with E-state index in [1.165, 1.54) is 0 Å². The molecule has 0 aliphatic carbocycles. The molecule has 2 aromatic rings. The maximum absolute atomic E-state index is 12.2. The van der Waals surface area contributed by atoms with E-state index in [0.717, 1.165) is 48.8 Å². The third-order valence-electron chi connectivity index (χ3n) is 4.68. The van der Waals surface area contributed by atoms with Gasteiger partial charge < -0.3 is 15.0 Å². The molecule has 1 aliphatic heterocycles. The lowest BCUT2D eigenvalue weighted by molar-refractivity contribution is -0.122. The second-order valence-electron chi connectivity index (χ2n) is 7.00. The minimum atomic E-state index is 0.0228. The van der Waals surface area contributed by atoms with Gasteiger partial charge >= 0.3 is 0 Å². The van der Waals surface area contributed by atoms with Gasteiger partial charge in [-0.3, -0.25) is 9.69 Å². The molecule has 0 spiro atoms. The molecule has 2 heterocycles. The van der Waals surface area contributed by atoms with E-state index in [0.29, 0.717) is 13.0 Å². The molecular formula is C21H27BrN4O2. The van der Waals surface area contributed by atoms with Crippen molar-refractivity contribution < 1.29 is 9.53 Å². The van der Waals surface area contributed by atoms with Gasteiger partial charge in [0.2, 0.25) is 5.91 Å². The molecule has 1 saturated heterocycles. The van der Waals surface area contributed by atoms with Crippen LogP contribution in [0.3, 0.4) is 0 Å². The monoisotopic (exact) mass is 446 g/mol. The van der Waals surface area contributed by atoms with E-state index in [4.69, 9.17) is 4.74 Å². The Hall–Kier alpha value is -2.12. The van der Waals surface area contributed by atoms with Crippen LogP contribution in [0.25, 0.3) is 0 Å². The van der Waals surface area contributed by atoms with Crippen LogP contribution in [0.2, 0.25) is 0 Å². The van der Waals surface area contributed by atoms with Crippen LogP contribution in [-0.4, -0.2) is 61.2 Å². The average Bonchev–Trinajstić information content (AvgIpc) is 2.69. The number of halogens is 1. The van der Waals surface area contributed by atoms with Crippen molar-refractivity contribution in [2.75, 3.05) is 44.2 Å². The molecule has 1 aliphatic rings. The summed E-state index contributed by atoms with van der Waals surface area (Å²) in [6.45, 7) is 7.14. The fourth-order valence-electron chi connectivity index (χ4n) is 3.30. The molecule has 1 unspecified atom stereocenters. The van der Waals surface area contributed by atoms with E-state index in [-0.39, 0.29) is 11.9 Å². The molecule has 1 amide bonds. The standard InChI is InChI=1S/C21H27BrN4O2/c1-17(24-21(27)8-14-28-19-6-4-5-18(22)15-19)16-25-10-12-26(13-11-25)20-7-2-3-9-23-20/h2-7,9,15,17H,8,10-14,16H2,1H3,(H,24,27). The van der Waals surface area contributed by atoms with E-state index in [1.807, 2.05) is 42.6 Å². The highest BCUT2D eigenvalue weighted by atomic mass is 79.9. The van der Waals surface area contributed by atoms with Gasteiger partial charge in [-0.2, -0.15) is 0 Å². The van der Waals surface area contributed by atoms with Crippen molar-refractivity contribution in [2.24, 2.45) is 0 Å². The highest BCUT2D eigenvalue weighted by molar-refractivity contribution is 9.10. The van der Waals surface area contributed by atoms with Crippen LogP contribution >= 0.6 is 15.9 Å². The summed E-state index contributed by atoms with van der Waals surface area (Å²) in [7, 11) is 0. The van der Waals surface area contributed by atoms with E-state index >= 15 is 0 Å². The zero-order chi connectivity index (χ0) is 19.8. The molecule has 3 rings (SSSR count). The Morgan fingerprint density at radius 2 is 2.04 bits per heavy atom. The molecule has 1 N–H and O–H groups in total. The topological polar surface area (TPSA) is 57.7 Å². The molecule has 7 heteroatoms. The molecule has 28 heavy (non-hydrogen) atoms. The van der Waals surface area contributed by atoms with Crippen molar-refractivity contribution in [1.29, 1.82) is 0 Å². The van der Waals surface area contributed by atoms with Gasteiger partial charge in [0.05, 0.1) is 13.0 Å². The molecule has 1 atom stereocenters. The highest BCUT2D eigenvalue weighted by Gasteiger charge is 2.20. The summed E-state index contributed by atoms with van der Waals surface area (Å²) in [5, 5.41) is 3.07. The number of benzene rings is 1. The number of nitrogens with one attached hydrogen (secondary N) is 1. The van der Waals surface area contributed by atoms with Crippen molar-refractivity contribution in [3.63, 3.8) is 0 Å². The summed E-state index contributed by atoms with van der Waals surface area (Å²) in [6.07, 6.45) is 2.18. The number of pyridine rings is 1. The number of ether oxygens (including phenoxy) is 1. The van der Waals surface area contributed by atoms with Gasteiger partial charge in [-0.05, 0) is 37.3 Å². The SMILES string of the molecule is CC(CN1CCN(c2ccccn2)CC1)NC(=O)CCOc1cccc(Br)c1. The largest absolute Gasteiger partial charge is 0.493 e. The number of carbonyl (C=O) groups is 1. The molecule has 1 aromatic heterocycles. The predicted molar refractivity (Wildman–Crippen MR) is 115 cm³/mol. The summed E-state index contributed by atoms with van der Waals surface area (Å²) < 4.78 is 6.59. The second-order valence-corrected chi connectivity index (χ2v) is 7.92. The summed E-state index contributed by atoms with van der Waals surface area (Å²) in [5.41, 5.74) is 0. The molecule has 0 bridgehead atoms. The zero-order valence-corrected chi connectivity index (χ0v) is 17.8. The minimum absolute atomic E-state index is 0.0228. The highest BCUT2D eigenvalue weighted by Crippen LogP contribution is 2.17. The Morgan fingerprint density at radius 3 is 2.75 bits per heavy atom. The smallest absolute Gasteiger partial charge is 0.223 e. The van der Waals surface area contributed by atoms with Crippen LogP contribution in [0, 0.1) is 0 Å². The molecule has 0 saturated carbocycles. The first-order valence-electron chi connectivity index (χ1n) is 9.66. The van der Waals surface area contributed by atoms with Crippen LogP contribution < -0.4 is 15.0 Å². The third kappa shape index (κ3) is 6.49. The van der Waals surface area contributed by atoms with Gasteiger partial charge in [0, 0.05) is 49.4 Å². The third-order valence-corrected chi connectivity index (χ3v) is 5.17. The number of carbonyl (C=O) groups excluding carboxylic acids is 1. The summed E-state index contributed by atoms with van der Waals surface area (Å²) in [4.78, 5) is 21.3. The lowest BCUT2D eigenvalue weighted by atomic mass is 10.2. The van der Waals surface area contributed by atoms with Crippen LogP contribution in [0.5, 0.6) is 5.75 Å². The maximum atomic E-state index is 12.2. The fourth-order valence-corrected chi connectivity index (χ4v) is 3.68. The first kappa shape index (κ1) is 20.6. The molecule has 6 nitrogen and oxygen atoms in total. The summed E-state index contributed by atoms with van der Waals surface area (Å²) >= 11 is 3.41. The second kappa shape index (κ2) is 10.4. The van der Waals surface area contributed by atoms with Gasteiger partial charge in [0.25, 0.3) is 0 Å². The molecule has 0 radical (unpaired) electrons. The molecular weight excluding hydrogens is 420 g/mol. The van der Waals surface area contributed by atoms with Crippen molar-refractivity contribution in [1.82, 2.24) is 15.2 Å². The van der Waals surface area contributed by atoms with Crippen molar-refractivity contribution >= 4 is 27.7 Å². The Morgan fingerprint density at radius 1 is 1.21 bits per heavy atom. The Balaban J connectivity index is 1.33. The number of amides is 1. The van der Waals surface area contributed by atoms with Crippen molar-refractivity contribution in [2.45, 2.75) is 19.4 Å². The quantitative estimate of drug-likeness (QED) is 0.675. The van der Waals surface area contributed by atoms with E-state index in [1.54, 1.807) is 0 Å². The number of hydrogen-bond acceptors (Lipinski definition) is 5. The van der Waals surface area contributed by atoms with E-state index < -0.39 is 0 Å². The minimum Gasteiger partial charge on any atom is -0.493 e. The van der Waals surface area contributed by atoms with Gasteiger partial charge in [0.1, 0.15) is 11.6 Å². The molecule has 1 aromatic carbocycles. The van der Waals surface area contributed by atoms with Gasteiger partial charge in [0.15, 0.2) is 0 Å². The molecule has 150 valence electrons. The summed E-state index contributed by atoms with van der Waals surface area (Å²) in [5.74, 6) is 1.82.